The van der Waals surface area contributed by atoms with E-state index >= 15 is 0 Å². The maximum atomic E-state index is 10.7. The Bertz CT molecular complexity index is 1970. The van der Waals surface area contributed by atoms with E-state index in [1.54, 1.807) is 45.8 Å². The van der Waals surface area contributed by atoms with Crippen LogP contribution in [0.1, 0.15) is 25.0 Å². The summed E-state index contributed by atoms with van der Waals surface area (Å²) in [5.74, 6) is 3.41. The van der Waals surface area contributed by atoms with Crippen molar-refractivity contribution in [1.29, 1.82) is 0 Å². The molecule has 13 nitrogen and oxygen atoms in total. The van der Waals surface area contributed by atoms with Crippen LogP contribution in [-0.4, -0.2) is 47.7 Å². The smallest absolute Gasteiger partial charge is 0.418 e. The summed E-state index contributed by atoms with van der Waals surface area (Å²) >= 11 is 1.45. The lowest BCUT2D eigenvalue weighted by atomic mass is 10.1. The number of hydrogen-bond acceptors (Lipinski definition) is 14. The van der Waals surface area contributed by atoms with Crippen LogP contribution in [0.2, 0.25) is 0 Å². The summed E-state index contributed by atoms with van der Waals surface area (Å²) in [5.41, 5.74) is 3.80. The fourth-order valence-electron chi connectivity index (χ4n) is 4.70. The molecule has 0 saturated carbocycles. The van der Waals surface area contributed by atoms with Gasteiger partial charge in [-0.25, -0.2) is 9.78 Å². The Morgan fingerprint density at radius 1 is 0.766 bits per heavy atom. The molecule has 3 aromatic heterocycles. The highest BCUT2D eigenvalue weighted by Gasteiger charge is 2.16. The quantitative estimate of drug-likeness (QED) is 0.106. The summed E-state index contributed by atoms with van der Waals surface area (Å²) in [6, 6.07) is 20.5. The standard InChI is InChI=1S/C33H30N7O6S/c1-5-27(46-18-41)20-12-28(45-17-20)19-6-8-21(9-7-19)34-30-37-31(35-22-13-24(43-3)15-25(14-22)44-4)39-32(38-30)40-33-36-26-11-10-23(42-2)16-29(26)47-33/h6-17,27H,5H2,1-4H3,(H3,34,35,36,37,38,39,40). The Kier molecular flexibility index (Phi) is 9.29. The molecule has 0 spiro atoms. The highest BCUT2D eigenvalue weighted by Crippen LogP contribution is 2.33. The lowest BCUT2D eigenvalue weighted by molar-refractivity contribution is 0.174. The first-order chi connectivity index (χ1) is 23.0. The van der Waals surface area contributed by atoms with Gasteiger partial charge in [0.2, 0.25) is 17.8 Å². The number of fused-ring (bicyclic) bond motifs is 1. The minimum atomic E-state index is -0.413. The average molecular weight is 653 g/mol. The van der Waals surface area contributed by atoms with E-state index in [4.69, 9.17) is 23.4 Å². The first-order valence-corrected chi connectivity index (χ1v) is 15.2. The molecule has 0 amide bonds. The van der Waals surface area contributed by atoms with Crippen molar-refractivity contribution in [2.24, 2.45) is 0 Å². The van der Waals surface area contributed by atoms with E-state index in [9.17, 15) is 4.79 Å². The van der Waals surface area contributed by atoms with Crippen LogP contribution in [0.25, 0.3) is 21.5 Å². The van der Waals surface area contributed by atoms with Crippen molar-refractivity contribution in [2.75, 3.05) is 37.3 Å². The number of rotatable bonds is 14. The van der Waals surface area contributed by atoms with Crippen LogP contribution in [0.15, 0.2) is 77.4 Å². The number of nitrogens with one attached hydrogen (secondary N) is 3. The van der Waals surface area contributed by atoms with E-state index < -0.39 is 6.10 Å². The van der Waals surface area contributed by atoms with Crippen molar-refractivity contribution in [1.82, 2.24) is 19.9 Å². The predicted molar refractivity (Wildman–Crippen MR) is 179 cm³/mol. The minimum absolute atomic E-state index is 0.267. The van der Waals surface area contributed by atoms with E-state index in [0.717, 1.165) is 32.8 Å². The fourth-order valence-corrected chi connectivity index (χ4v) is 5.58. The van der Waals surface area contributed by atoms with Crippen molar-refractivity contribution in [3.05, 3.63) is 78.6 Å². The van der Waals surface area contributed by atoms with Crippen molar-refractivity contribution in [2.45, 2.75) is 19.4 Å². The van der Waals surface area contributed by atoms with Crippen molar-refractivity contribution >= 4 is 62.4 Å². The Labute approximate surface area is 273 Å². The van der Waals surface area contributed by atoms with E-state index in [-0.39, 0.29) is 17.8 Å². The third-order valence-corrected chi connectivity index (χ3v) is 7.97. The number of carbonyl (C=O) groups excluding carboxylic acids is 1. The Morgan fingerprint density at radius 3 is 2.06 bits per heavy atom. The number of benzene rings is 3. The number of aromatic nitrogens is 4. The maximum absolute atomic E-state index is 10.7. The van der Waals surface area contributed by atoms with Gasteiger partial charge in [-0.15, -0.1) is 0 Å². The topological polar surface area (TPSA) is 155 Å². The number of furan rings is 1. The number of nitrogens with zero attached hydrogens (tertiary/aromatic N) is 4. The van der Waals surface area contributed by atoms with Gasteiger partial charge in [-0.1, -0.05) is 18.3 Å². The molecule has 0 aliphatic rings. The van der Waals surface area contributed by atoms with Gasteiger partial charge in [-0.3, -0.25) is 5.32 Å². The summed E-state index contributed by atoms with van der Waals surface area (Å²) in [7, 11) is 4.79. The lowest BCUT2D eigenvalue weighted by Crippen LogP contribution is -2.07. The molecule has 3 aromatic carbocycles. The highest BCUT2D eigenvalue weighted by molar-refractivity contribution is 7.22. The van der Waals surface area contributed by atoms with Crippen LogP contribution in [0.3, 0.4) is 0 Å². The zero-order valence-electron chi connectivity index (χ0n) is 25.9. The second-order valence-electron chi connectivity index (χ2n) is 10.1. The van der Waals surface area contributed by atoms with Gasteiger partial charge in [0.1, 0.15) is 29.1 Å². The van der Waals surface area contributed by atoms with Gasteiger partial charge < -0.3 is 34.0 Å². The van der Waals surface area contributed by atoms with Gasteiger partial charge in [0.25, 0.3) is 0 Å². The van der Waals surface area contributed by atoms with Crippen LogP contribution in [-0.2, 0) is 9.53 Å². The number of hydrogen-bond donors (Lipinski definition) is 3. The minimum Gasteiger partial charge on any atom is -0.497 e. The third kappa shape index (κ3) is 7.34. The molecule has 0 aliphatic carbocycles. The Morgan fingerprint density at radius 2 is 1.43 bits per heavy atom. The fraction of sp³-hybridized carbons (Fsp3) is 0.182. The van der Waals surface area contributed by atoms with Crippen LogP contribution < -0.4 is 30.2 Å². The third-order valence-electron chi connectivity index (χ3n) is 7.04. The number of thiazole rings is 1. The molecule has 0 saturated heterocycles. The Hall–Kier alpha value is -5.89. The highest BCUT2D eigenvalue weighted by atomic mass is 32.1. The van der Waals surface area contributed by atoms with Gasteiger partial charge in [0, 0.05) is 40.7 Å². The van der Waals surface area contributed by atoms with Gasteiger partial charge in [-0.05, 0) is 55.0 Å². The summed E-state index contributed by atoms with van der Waals surface area (Å²) in [6.45, 7) is 3.43. The second kappa shape index (κ2) is 14.0. The van der Waals surface area contributed by atoms with E-state index in [1.807, 2.05) is 55.5 Å². The van der Waals surface area contributed by atoms with E-state index in [2.05, 4.69) is 35.9 Å². The molecule has 3 N–H and O–H groups in total. The zero-order valence-corrected chi connectivity index (χ0v) is 26.7. The van der Waals surface area contributed by atoms with Gasteiger partial charge in [0.05, 0.1) is 37.8 Å². The molecular formula is C33H30N7O6S. The molecule has 239 valence electrons. The van der Waals surface area contributed by atoms with Crippen LogP contribution in [0, 0.1) is 0 Å². The molecule has 0 aliphatic heterocycles. The molecule has 14 heteroatoms. The first kappa shape index (κ1) is 31.1. The molecular weight excluding hydrogens is 622 g/mol. The number of ether oxygens (including phenoxy) is 4. The SMILES string of the molecule is CCC(O[C]=O)c1coc(-c2ccc(Nc3nc(Nc4cc(OC)cc(OC)c4)nc(Nc4nc5ccc(OC)cc5s4)n3)cc2)c1. The molecule has 3 heterocycles. The molecule has 1 atom stereocenters. The predicted octanol–water partition coefficient (Wildman–Crippen LogP) is 7.53. The summed E-state index contributed by atoms with van der Waals surface area (Å²) < 4.78 is 27.9. The zero-order chi connectivity index (χ0) is 32.8. The molecule has 6 rings (SSSR count). The summed E-state index contributed by atoms with van der Waals surface area (Å²) in [6.07, 6.45) is 1.78. The van der Waals surface area contributed by atoms with Crippen LogP contribution in [0.5, 0.6) is 17.2 Å². The second-order valence-corrected chi connectivity index (χ2v) is 11.1. The van der Waals surface area contributed by atoms with Crippen LogP contribution in [0.4, 0.5) is 34.4 Å². The molecule has 6 aromatic rings. The van der Waals surface area contributed by atoms with E-state index in [1.165, 1.54) is 17.8 Å². The Balaban J connectivity index is 1.28. The van der Waals surface area contributed by atoms with Gasteiger partial charge >= 0.3 is 6.47 Å². The van der Waals surface area contributed by atoms with Crippen molar-refractivity contribution < 1.29 is 28.2 Å². The molecule has 0 bridgehead atoms. The van der Waals surface area contributed by atoms with Gasteiger partial charge in [0.15, 0.2) is 5.13 Å². The molecule has 1 radical (unpaired) electrons. The largest absolute Gasteiger partial charge is 0.497 e. The van der Waals surface area contributed by atoms with Gasteiger partial charge in [-0.2, -0.15) is 15.0 Å². The van der Waals surface area contributed by atoms with E-state index in [0.29, 0.717) is 34.5 Å². The normalized spacial score (nSPS) is 11.5. The monoisotopic (exact) mass is 652 g/mol. The van der Waals surface area contributed by atoms with Crippen molar-refractivity contribution in [3.63, 3.8) is 0 Å². The molecule has 0 fully saturated rings. The molecule has 1 unspecified atom stereocenters. The lowest BCUT2D eigenvalue weighted by Gasteiger charge is -2.12. The summed E-state index contributed by atoms with van der Waals surface area (Å²) in [5, 5.41) is 10.3. The summed E-state index contributed by atoms with van der Waals surface area (Å²) in [4.78, 5) is 29.2. The van der Waals surface area contributed by atoms with Crippen molar-refractivity contribution in [3.8, 4) is 28.6 Å². The molecule has 47 heavy (non-hydrogen) atoms. The maximum Gasteiger partial charge on any atom is 0.418 e. The first-order valence-electron chi connectivity index (χ1n) is 14.4. The number of methoxy groups -OCH3 is 3. The number of anilines is 6. The average Bonchev–Trinajstić information content (AvgIpc) is 3.74. The van der Waals surface area contributed by atoms with Crippen LogP contribution >= 0.6 is 11.3 Å².